The van der Waals surface area contributed by atoms with Crippen molar-refractivity contribution >= 4 is 22.8 Å². The van der Waals surface area contributed by atoms with Gasteiger partial charge >= 0.3 is 0 Å². The molecule has 20 heavy (non-hydrogen) atoms. The van der Waals surface area contributed by atoms with Gasteiger partial charge in [0.05, 0.1) is 17.6 Å². The van der Waals surface area contributed by atoms with Crippen LogP contribution in [0.25, 0.3) is 11.2 Å². The minimum Gasteiger partial charge on any atom is -0.343 e. The maximum Gasteiger partial charge on any atom is 0.213 e. The Balaban J connectivity index is 2.22. The van der Waals surface area contributed by atoms with Crippen molar-refractivity contribution in [2.24, 2.45) is 0 Å². The zero-order valence-corrected chi connectivity index (χ0v) is 12.3. The van der Waals surface area contributed by atoms with Crippen molar-refractivity contribution in [2.45, 2.75) is 39.2 Å². The third-order valence-electron chi connectivity index (χ3n) is 3.19. The van der Waals surface area contributed by atoms with Crippen molar-refractivity contribution in [2.75, 3.05) is 0 Å². The van der Waals surface area contributed by atoms with E-state index in [1.54, 1.807) is 0 Å². The SMILES string of the molecule is CCn1nc(C)c2nc(C(C)Cl)n(Cc3ncon3)c21. The molecule has 0 spiro atoms. The maximum absolute atomic E-state index is 6.25. The summed E-state index contributed by atoms with van der Waals surface area (Å²) in [7, 11) is 0. The number of alkyl halides is 1. The zero-order chi connectivity index (χ0) is 14.3. The van der Waals surface area contributed by atoms with Gasteiger partial charge in [-0.2, -0.15) is 10.1 Å². The summed E-state index contributed by atoms with van der Waals surface area (Å²) in [6, 6.07) is 0. The van der Waals surface area contributed by atoms with Crippen LogP contribution in [0.2, 0.25) is 0 Å². The van der Waals surface area contributed by atoms with Gasteiger partial charge < -0.3 is 9.09 Å². The molecule has 0 radical (unpaired) electrons. The van der Waals surface area contributed by atoms with Crippen LogP contribution in [0.5, 0.6) is 0 Å². The molecular formula is C12H15ClN6O. The fourth-order valence-electron chi connectivity index (χ4n) is 2.32. The van der Waals surface area contributed by atoms with Crippen LogP contribution in [-0.4, -0.2) is 29.5 Å². The predicted octanol–water partition coefficient (Wildman–Crippen LogP) is 2.29. The van der Waals surface area contributed by atoms with E-state index >= 15 is 0 Å². The monoisotopic (exact) mass is 294 g/mol. The first kappa shape index (κ1) is 13.1. The Bertz CT molecular complexity index is 727. The third kappa shape index (κ3) is 1.98. The van der Waals surface area contributed by atoms with Gasteiger partial charge in [0.2, 0.25) is 6.39 Å². The molecule has 1 atom stereocenters. The lowest BCUT2D eigenvalue weighted by atomic mass is 10.4. The van der Waals surface area contributed by atoms with Gasteiger partial charge in [0.15, 0.2) is 11.5 Å². The first-order valence-electron chi connectivity index (χ1n) is 6.44. The molecular weight excluding hydrogens is 280 g/mol. The quantitative estimate of drug-likeness (QED) is 0.690. The number of fused-ring (bicyclic) bond motifs is 1. The van der Waals surface area contributed by atoms with Crippen LogP contribution in [0, 0.1) is 6.92 Å². The summed E-state index contributed by atoms with van der Waals surface area (Å²) in [5.74, 6) is 1.37. The van der Waals surface area contributed by atoms with Crippen molar-refractivity contribution in [3.8, 4) is 0 Å². The van der Waals surface area contributed by atoms with Gasteiger partial charge in [-0.25, -0.2) is 9.67 Å². The van der Waals surface area contributed by atoms with E-state index in [4.69, 9.17) is 16.1 Å². The van der Waals surface area contributed by atoms with Crippen LogP contribution in [0.4, 0.5) is 0 Å². The van der Waals surface area contributed by atoms with Gasteiger partial charge in [0, 0.05) is 6.54 Å². The minimum atomic E-state index is -0.209. The summed E-state index contributed by atoms with van der Waals surface area (Å²) in [5.41, 5.74) is 2.71. The predicted molar refractivity (Wildman–Crippen MR) is 73.6 cm³/mol. The molecule has 0 aliphatic rings. The Hall–Kier alpha value is -1.89. The Morgan fingerprint density at radius 3 is 2.85 bits per heavy atom. The second-order valence-electron chi connectivity index (χ2n) is 4.59. The summed E-state index contributed by atoms with van der Waals surface area (Å²) in [4.78, 5) is 8.68. The Morgan fingerprint density at radius 2 is 2.25 bits per heavy atom. The highest BCUT2D eigenvalue weighted by Gasteiger charge is 2.21. The molecule has 1 unspecified atom stereocenters. The van der Waals surface area contributed by atoms with Crippen molar-refractivity contribution in [1.29, 1.82) is 0 Å². The fourth-order valence-corrected chi connectivity index (χ4v) is 2.49. The summed E-state index contributed by atoms with van der Waals surface area (Å²) in [6.45, 7) is 7.11. The molecule has 3 aromatic heterocycles. The molecule has 106 valence electrons. The number of halogens is 1. The van der Waals surface area contributed by atoms with Crippen LogP contribution in [0.1, 0.15) is 36.6 Å². The molecule has 8 heteroatoms. The van der Waals surface area contributed by atoms with Gasteiger partial charge in [-0.05, 0) is 20.8 Å². The highest BCUT2D eigenvalue weighted by Crippen LogP contribution is 2.26. The second-order valence-corrected chi connectivity index (χ2v) is 5.25. The lowest BCUT2D eigenvalue weighted by Crippen LogP contribution is -2.11. The van der Waals surface area contributed by atoms with Crippen molar-refractivity contribution < 1.29 is 4.52 Å². The molecule has 0 amide bonds. The lowest BCUT2D eigenvalue weighted by Gasteiger charge is -2.09. The van der Waals surface area contributed by atoms with E-state index in [1.165, 1.54) is 6.39 Å². The van der Waals surface area contributed by atoms with E-state index in [0.717, 1.165) is 29.2 Å². The van der Waals surface area contributed by atoms with Crippen molar-refractivity contribution in [3.05, 3.63) is 23.7 Å². The van der Waals surface area contributed by atoms with Gasteiger partial charge in [-0.1, -0.05) is 5.16 Å². The smallest absolute Gasteiger partial charge is 0.213 e. The van der Waals surface area contributed by atoms with Gasteiger partial charge in [-0.3, -0.25) is 0 Å². The van der Waals surface area contributed by atoms with E-state index in [-0.39, 0.29) is 5.38 Å². The Morgan fingerprint density at radius 1 is 1.45 bits per heavy atom. The van der Waals surface area contributed by atoms with E-state index in [1.807, 2.05) is 30.0 Å². The van der Waals surface area contributed by atoms with Crippen molar-refractivity contribution in [3.63, 3.8) is 0 Å². The molecule has 0 aliphatic carbocycles. The molecule has 0 bridgehead atoms. The van der Waals surface area contributed by atoms with Crippen molar-refractivity contribution in [1.82, 2.24) is 29.5 Å². The number of hydrogen-bond acceptors (Lipinski definition) is 5. The zero-order valence-electron chi connectivity index (χ0n) is 11.5. The van der Waals surface area contributed by atoms with Gasteiger partial charge in [-0.15, -0.1) is 11.6 Å². The maximum atomic E-state index is 6.25. The van der Waals surface area contributed by atoms with Gasteiger partial charge in [0.1, 0.15) is 11.3 Å². The molecule has 0 aromatic carbocycles. The van der Waals surface area contributed by atoms with Crippen LogP contribution in [0.15, 0.2) is 10.9 Å². The summed E-state index contributed by atoms with van der Waals surface area (Å²) in [5, 5.41) is 8.13. The Kier molecular flexibility index (Phi) is 3.21. The normalized spacial score (nSPS) is 13.2. The average Bonchev–Trinajstić information content (AvgIpc) is 3.09. The average molecular weight is 295 g/mol. The summed E-state index contributed by atoms with van der Waals surface area (Å²) < 4.78 is 8.71. The summed E-state index contributed by atoms with van der Waals surface area (Å²) in [6.07, 6.45) is 1.32. The molecule has 0 saturated heterocycles. The number of rotatable bonds is 4. The van der Waals surface area contributed by atoms with E-state index in [9.17, 15) is 0 Å². The number of aryl methyl sites for hydroxylation is 2. The lowest BCUT2D eigenvalue weighted by molar-refractivity contribution is 0.408. The number of aromatic nitrogens is 6. The molecule has 0 aliphatic heterocycles. The number of imidazole rings is 1. The molecule has 0 N–H and O–H groups in total. The van der Waals surface area contributed by atoms with E-state index in [0.29, 0.717) is 12.4 Å². The molecule has 3 aromatic rings. The number of nitrogens with zero attached hydrogens (tertiary/aromatic N) is 6. The number of hydrogen-bond donors (Lipinski definition) is 0. The third-order valence-corrected chi connectivity index (χ3v) is 3.39. The standard InChI is InChI=1S/C12H15ClN6O/c1-4-19-12-10(8(3)16-19)15-11(7(2)13)18(12)5-9-14-6-20-17-9/h6-7H,4-5H2,1-3H3. The van der Waals surface area contributed by atoms with Crippen LogP contribution in [-0.2, 0) is 13.1 Å². The summed E-state index contributed by atoms with van der Waals surface area (Å²) >= 11 is 6.25. The van der Waals surface area contributed by atoms with E-state index < -0.39 is 0 Å². The first-order valence-corrected chi connectivity index (χ1v) is 6.88. The highest BCUT2D eigenvalue weighted by atomic mass is 35.5. The van der Waals surface area contributed by atoms with Crippen LogP contribution in [0.3, 0.4) is 0 Å². The minimum absolute atomic E-state index is 0.209. The Labute approximate surface area is 120 Å². The van der Waals surface area contributed by atoms with Gasteiger partial charge in [0.25, 0.3) is 0 Å². The largest absolute Gasteiger partial charge is 0.343 e. The topological polar surface area (TPSA) is 74.6 Å². The fraction of sp³-hybridized carbons (Fsp3) is 0.500. The molecule has 0 saturated carbocycles. The molecule has 3 heterocycles. The first-order chi connectivity index (χ1) is 9.61. The molecule has 0 fully saturated rings. The molecule has 3 rings (SSSR count). The van der Waals surface area contributed by atoms with Crippen LogP contribution >= 0.6 is 11.6 Å². The van der Waals surface area contributed by atoms with Crippen LogP contribution < -0.4 is 0 Å². The van der Waals surface area contributed by atoms with E-state index in [2.05, 4.69) is 20.2 Å². The highest BCUT2D eigenvalue weighted by molar-refractivity contribution is 6.20. The second kappa shape index (κ2) is 4.90. The molecule has 7 nitrogen and oxygen atoms in total.